The van der Waals surface area contributed by atoms with E-state index < -0.39 is 0 Å². The van der Waals surface area contributed by atoms with Crippen molar-refractivity contribution < 1.29 is 4.79 Å². The smallest absolute Gasteiger partial charge is 0.251 e. The monoisotopic (exact) mass is 280 g/mol. The predicted octanol–water partition coefficient (Wildman–Crippen LogP) is 3.34. The fourth-order valence-electron chi connectivity index (χ4n) is 1.55. The number of nitrogens with zero attached hydrogens (tertiary/aromatic N) is 1. The summed E-state index contributed by atoms with van der Waals surface area (Å²) >= 11 is 7.44. The van der Waals surface area contributed by atoms with Crippen molar-refractivity contribution in [1.29, 1.82) is 0 Å². The van der Waals surface area contributed by atoms with Crippen molar-refractivity contribution in [2.45, 2.75) is 20.4 Å². The number of hydrogen-bond donors (Lipinski definition) is 1. The Balaban J connectivity index is 2.00. The molecule has 2 rings (SSSR count). The average Bonchev–Trinajstić information content (AvgIpc) is 2.66. The highest BCUT2D eigenvalue weighted by molar-refractivity contribution is 7.12. The van der Waals surface area contributed by atoms with E-state index in [2.05, 4.69) is 30.2 Å². The molecule has 0 spiro atoms. The SMILES string of the molecule is Cc1cc(CNC(=O)c2ccnc(Cl)c2)sc1C. The summed E-state index contributed by atoms with van der Waals surface area (Å²) in [6.45, 7) is 4.69. The lowest BCUT2D eigenvalue weighted by Crippen LogP contribution is -2.22. The number of thiophene rings is 1. The van der Waals surface area contributed by atoms with E-state index >= 15 is 0 Å². The predicted molar refractivity (Wildman–Crippen MR) is 74.2 cm³/mol. The molecule has 2 aromatic rings. The van der Waals surface area contributed by atoms with Crippen LogP contribution < -0.4 is 5.32 Å². The van der Waals surface area contributed by atoms with E-state index in [-0.39, 0.29) is 5.91 Å². The van der Waals surface area contributed by atoms with Gasteiger partial charge in [-0.1, -0.05) is 11.6 Å². The second-order valence-electron chi connectivity index (χ2n) is 4.00. The molecule has 0 radical (unpaired) electrons. The molecule has 2 aromatic heterocycles. The standard InChI is InChI=1S/C13H13ClN2OS/c1-8-5-11(18-9(8)2)7-16-13(17)10-3-4-15-12(14)6-10/h3-6H,7H2,1-2H3,(H,16,17). The topological polar surface area (TPSA) is 42.0 Å². The molecule has 0 aliphatic rings. The van der Waals surface area contributed by atoms with Gasteiger partial charge in [-0.15, -0.1) is 11.3 Å². The number of hydrogen-bond acceptors (Lipinski definition) is 3. The number of aryl methyl sites for hydroxylation is 2. The Morgan fingerprint density at radius 2 is 2.22 bits per heavy atom. The first-order valence-corrected chi connectivity index (χ1v) is 6.71. The van der Waals surface area contributed by atoms with Crippen LogP contribution in [0, 0.1) is 13.8 Å². The Morgan fingerprint density at radius 3 is 2.83 bits per heavy atom. The van der Waals surface area contributed by atoms with E-state index in [0.717, 1.165) is 4.88 Å². The fourth-order valence-corrected chi connectivity index (χ4v) is 2.72. The maximum atomic E-state index is 11.9. The molecular formula is C13H13ClN2OS. The van der Waals surface area contributed by atoms with Gasteiger partial charge in [0.05, 0.1) is 6.54 Å². The molecular weight excluding hydrogens is 268 g/mol. The highest BCUT2D eigenvalue weighted by atomic mass is 35.5. The summed E-state index contributed by atoms with van der Waals surface area (Å²) in [6.07, 6.45) is 1.52. The van der Waals surface area contributed by atoms with Crippen molar-refractivity contribution >= 4 is 28.8 Å². The molecule has 0 saturated carbocycles. The Morgan fingerprint density at radius 1 is 1.44 bits per heavy atom. The quantitative estimate of drug-likeness (QED) is 0.876. The zero-order valence-corrected chi connectivity index (χ0v) is 11.7. The number of halogens is 1. The molecule has 0 fully saturated rings. The third-order valence-electron chi connectivity index (χ3n) is 2.63. The van der Waals surface area contributed by atoms with Gasteiger partial charge in [-0.2, -0.15) is 0 Å². The molecule has 2 heterocycles. The highest BCUT2D eigenvalue weighted by Gasteiger charge is 2.07. The van der Waals surface area contributed by atoms with E-state index in [1.165, 1.54) is 16.6 Å². The van der Waals surface area contributed by atoms with E-state index in [1.54, 1.807) is 23.5 Å². The zero-order valence-electron chi connectivity index (χ0n) is 10.2. The van der Waals surface area contributed by atoms with Crippen LogP contribution in [0.15, 0.2) is 24.4 Å². The van der Waals surface area contributed by atoms with Gasteiger partial charge in [-0.05, 0) is 37.6 Å². The summed E-state index contributed by atoms with van der Waals surface area (Å²) in [7, 11) is 0. The van der Waals surface area contributed by atoms with E-state index in [4.69, 9.17) is 11.6 Å². The number of carbonyl (C=O) groups is 1. The minimum Gasteiger partial charge on any atom is -0.347 e. The second-order valence-corrected chi connectivity index (χ2v) is 5.73. The first kappa shape index (κ1) is 13.1. The Bertz CT molecular complexity index is 561. The number of aromatic nitrogens is 1. The number of nitrogens with one attached hydrogen (secondary N) is 1. The molecule has 0 atom stereocenters. The summed E-state index contributed by atoms with van der Waals surface area (Å²) < 4.78 is 0. The summed E-state index contributed by atoms with van der Waals surface area (Å²) in [5.74, 6) is -0.136. The van der Waals surface area contributed by atoms with Gasteiger partial charge in [0.15, 0.2) is 0 Å². The minimum absolute atomic E-state index is 0.136. The van der Waals surface area contributed by atoms with Gasteiger partial charge in [-0.25, -0.2) is 4.98 Å². The van der Waals surface area contributed by atoms with Crippen LogP contribution in [-0.2, 0) is 6.54 Å². The second kappa shape index (κ2) is 5.50. The van der Waals surface area contributed by atoms with Crippen LogP contribution in [0.2, 0.25) is 5.15 Å². The molecule has 5 heteroatoms. The maximum Gasteiger partial charge on any atom is 0.251 e. The molecule has 0 bridgehead atoms. The molecule has 3 nitrogen and oxygen atoms in total. The van der Waals surface area contributed by atoms with Gasteiger partial charge in [-0.3, -0.25) is 4.79 Å². The van der Waals surface area contributed by atoms with Gasteiger partial charge in [0.1, 0.15) is 5.15 Å². The van der Waals surface area contributed by atoms with Crippen LogP contribution in [0.5, 0.6) is 0 Å². The molecule has 0 aliphatic carbocycles. The lowest BCUT2D eigenvalue weighted by atomic mass is 10.2. The van der Waals surface area contributed by atoms with Gasteiger partial charge in [0.2, 0.25) is 0 Å². The summed E-state index contributed by atoms with van der Waals surface area (Å²) in [4.78, 5) is 18.1. The molecule has 1 N–H and O–H groups in total. The van der Waals surface area contributed by atoms with Crippen molar-refractivity contribution in [2.24, 2.45) is 0 Å². The number of amides is 1. The third-order valence-corrected chi connectivity index (χ3v) is 3.99. The van der Waals surface area contributed by atoms with E-state index in [1.807, 2.05) is 0 Å². The van der Waals surface area contributed by atoms with Crippen LogP contribution in [0.3, 0.4) is 0 Å². The Labute approximate surface area is 115 Å². The molecule has 18 heavy (non-hydrogen) atoms. The molecule has 0 saturated heterocycles. The normalized spacial score (nSPS) is 10.4. The first-order valence-electron chi connectivity index (χ1n) is 5.52. The average molecular weight is 281 g/mol. The fraction of sp³-hybridized carbons (Fsp3) is 0.231. The number of carbonyl (C=O) groups excluding carboxylic acids is 1. The Kier molecular flexibility index (Phi) is 3.99. The minimum atomic E-state index is -0.136. The molecule has 94 valence electrons. The van der Waals surface area contributed by atoms with Crippen LogP contribution >= 0.6 is 22.9 Å². The van der Waals surface area contributed by atoms with Crippen molar-refractivity contribution in [3.05, 3.63) is 50.4 Å². The largest absolute Gasteiger partial charge is 0.347 e. The number of pyridine rings is 1. The van der Waals surface area contributed by atoms with Crippen LogP contribution in [0.25, 0.3) is 0 Å². The lowest BCUT2D eigenvalue weighted by Gasteiger charge is -2.03. The zero-order chi connectivity index (χ0) is 13.1. The van der Waals surface area contributed by atoms with Gasteiger partial charge >= 0.3 is 0 Å². The van der Waals surface area contributed by atoms with Gasteiger partial charge in [0, 0.05) is 21.5 Å². The van der Waals surface area contributed by atoms with E-state index in [9.17, 15) is 4.79 Å². The van der Waals surface area contributed by atoms with Gasteiger partial charge < -0.3 is 5.32 Å². The molecule has 0 unspecified atom stereocenters. The maximum absolute atomic E-state index is 11.9. The van der Waals surface area contributed by atoms with Crippen LogP contribution in [-0.4, -0.2) is 10.9 Å². The summed E-state index contributed by atoms with van der Waals surface area (Å²) in [5.41, 5.74) is 1.79. The third kappa shape index (κ3) is 3.09. The molecule has 1 amide bonds. The van der Waals surface area contributed by atoms with Crippen LogP contribution in [0.1, 0.15) is 25.7 Å². The first-order chi connectivity index (χ1) is 8.56. The van der Waals surface area contributed by atoms with Crippen molar-refractivity contribution in [3.63, 3.8) is 0 Å². The number of rotatable bonds is 3. The van der Waals surface area contributed by atoms with Gasteiger partial charge in [0.25, 0.3) is 5.91 Å². The summed E-state index contributed by atoms with van der Waals surface area (Å²) in [6, 6.07) is 5.30. The van der Waals surface area contributed by atoms with Crippen molar-refractivity contribution in [2.75, 3.05) is 0 Å². The van der Waals surface area contributed by atoms with Crippen molar-refractivity contribution in [3.8, 4) is 0 Å². The highest BCUT2D eigenvalue weighted by Crippen LogP contribution is 2.20. The van der Waals surface area contributed by atoms with E-state index in [0.29, 0.717) is 17.3 Å². The Hall–Kier alpha value is -1.39. The lowest BCUT2D eigenvalue weighted by molar-refractivity contribution is 0.0951. The molecule has 0 aliphatic heterocycles. The summed E-state index contributed by atoms with van der Waals surface area (Å²) in [5, 5.41) is 3.19. The van der Waals surface area contributed by atoms with Crippen molar-refractivity contribution in [1.82, 2.24) is 10.3 Å². The van der Waals surface area contributed by atoms with Crippen LogP contribution in [0.4, 0.5) is 0 Å². The molecule has 0 aromatic carbocycles.